The van der Waals surface area contributed by atoms with Gasteiger partial charge in [0.25, 0.3) is 0 Å². The molecule has 28 heavy (non-hydrogen) atoms. The quantitative estimate of drug-likeness (QED) is 0.359. The second kappa shape index (κ2) is 10.9. The topological polar surface area (TPSA) is 59.8 Å². The van der Waals surface area contributed by atoms with Crippen LogP contribution in [0.5, 0.6) is 0 Å². The van der Waals surface area contributed by atoms with Crippen LogP contribution in [0.2, 0.25) is 0 Å². The van der Waals surface area contributed by atoms with Gasteiger partial charge in [-0.3, -0.25) is 4.79 Å². The Labute approximate surface area is 174 Å². The van der Waals surface area contributed by atoms with Gasteiger partial charge in [0.15, 0.2) is 5.16 Å². The number of nitrogens with one attached hydrogen (secondary N) is 1. The molecule has 146 valence electrons. The fourth-order valence-corrected chi connectivity index (χ4v) is 4.30. The van der Waals surface area contributed by atoms with E-state index in [-0.39, 0.29) is 5.91 Å². The first-order valence-corrected chi connectivity index (χ1v) is 11.2. The molecule has 5 nitrogen and oxygen atoms in total. The van der Waals surface area contributed by atoms with Crippen molar-refractivity contribution < 1.29 is 4.79 Å². The van der Waals surface area contributed by atoms with Crippen LogP contribution in [-0.2, 0) is 11.3 Å². The second-order valence-electron chi connectivity index (χ2n) is 6.26. The Morgan fingerprint density at radius 1 is 1.07 bits per heavy atom. The van der Waals surface area contributed by atoms with Gasteiger partial charge in [-0.1, -0.05) is 73.6 Å². The van der Waals surface area contributed by atoms with Crippen molar-refractivity contribution in [1.82, 2.24) is 14.8 Å². The first-order chi connectivity index (χ1) is 13.8. The number of hydrogen-bond acceptors (Lipinski definition) is 5. The second-order valence-corrected chi connectivity index (χ2v) is 8.32. The van der Waals surface area contributed by atoms with Crippen LogP contribution in [0.3, 0.4) is 0 Å². The molecule has 0 saturated heterocycles. The van der Waals surface area contributed by atoms with E-state index in [2.05, 4.69) is 34.6 Å². The average molecular weight is 413 g/mol. The molecule has 0 unspecified atom stereocenters. The number of benzene rings is 2. The van der Waals surface area contributed by atoms with E-state index in [1.807, 2.05) is 47.0 Å². The third-order valence-electron chi connectivity index (χ3n) is 4.05. The number of anilines is 1. The Kier molecular flexibility index (Phi) is 7.99. The third-order valence-corrected chi connectivity index (χ3v) is 6.11. The lowest BCUT2D eigenvalue weighted by atomic mass is 10.2. The van der Waals surface area contributed by atoms with Gasteiger partial charge in [-0.15, -0.1) is 10.2 Å². The van der Waals surface area contributed by atoms with Gasteiger partial charge in [-0.2, -0.15) is 0 Å². The Morgan fingerprint density at radius 3 is 2.68 bits per heavy atom. The lowest BCUT2D eigenvalue weighted by molar-refractivity contribution is -0.113. The van der Waals surface area contributed by atoms with E-state index in [0.717, 1.165) is 33.6 Å². The highest BCUT2D eigenvalue weighted by Gasteiger charge is 2.11. The molecule has 2 aromatic carbocycles. The van der Waals surface area contributed by atoms with Crippen LogP contribution in [0, 0.1) is 0 Å². The number of carbonyl (C=O) groups is 1. The molecule has 0 aliphatic rings. The lowest BCUT2D eigenvalue weighted by Crippen LogP contribution is -2.15. The van der Waals surface area contributed by atoms with Gasteiger partial charge in [0.1, 0.15) is 6.33 Å². The maximum atomic E-state index is 12.5. The van der Waals surface area contributed by atoms with E-state index >= 15 is 0 Å². The standard InChI is InChI=1S/C21H24N4OS2/c1-2-3-9-14-25-16-22-24-21(25)27-15-20(26)23-18-12-7-8-13-19(18)28-17-10-5-4-6-11-17/h4-8,10-13,16H,2-3,9,14-15H2,1H3,(H,23,26). The first-order valence-electron chi connectivity index (χ1n) is 9.38. The fourth-order valence-electron chi connectivity index (χ4n) is 2.63. The number of thioether (sulfide) groups is 1. The van der Waals surface area contributed by atoms with Crippen LogP contribution in [0.15, 0.2) is 75.9 Å². The summed E-state index contributed by atoms with van der Waals surface area (Å²) in [7, 11) is 0. The van der Waals surface area contributed by atoms with Crippen molar-refractivity contribution in [3.05, 3.63) is 60.9 Å². The maximum Gasteiger partial charge on any atom is 0.234 e. The minimum atomic E-state index is -0.0470. The zero-order valence-corrected chi connectivity index (χ0v) is 17.5. The summed E-state index contributed by atoms with van der Waals surface area (Å²) in [6, 6.07) is 18.0. The van der Waals surface area contributed by atoms with Crippen molar-refractivity contribution in [3.8, 4) is 0 Å². The highest BCUT2D eigenvalue weighted by Crippen LogP contribution is 2.33. The van der Waals surface area contributed by atoms with E-state index in [4.69, 9.17) is 0 Å². The molecule has 1 heterocycles. The van der Waals surface area contributed by atoms with Gasteiger partial charge in [0.2, 0.25) is 5.91 Å². The highest BCUT2D eigenvalue weighted by atomic mass is 32.2. The number of rotatable bonds is 10. The molecule has 0 fully saturated rings. The zero-order valence-electron chi connectivity index (χ0n) is 15.9. The Balaban J connectivity index is 1.56. The Hall–Kier alpha value is -2.25. The number of aromatic nitrogens is 3. The van der Waals surface area contributed by atoms with Gasteiger partial charge in [-0.05, 0) is 30.7 Å². The van der Waals surface area contributed by atoms with Crippen LogP contribution in [0.25, 0.3) is 0 Å². The van der Waals surface area contributed by atoms with Crippen molar-refractivity contribution in [3.63, 3.8) is 0 Å². The van der Waals surface area contributed by atoms with Crippen molar-refractivity contribution >= 4 is 35.1 Å². The molecule has 0 aliphatic heterocycles. The monoisotopic (exact) mass is 412 g/mol. The van der Waals surface area contributed by atoms with Crippen molar-refractivity contribution in [2.24, 2.45) is 0 Å². The summed E-state index contributed by atoms with van der Waals surface area (Å²) in [5.41, 5.74) is 0.825. The van der Waals surface area contributed by atoms with E-state index in [0.29, 0.717) is 5.75 Å². The van der Waals surface area contributed by atoms with Crippen molar-refractivity contribution in [1.29, 1.82) is 0 Å². The van der Waals surface area contributed by atoms with Crippen LogP contribution in [-0.4, -0.2) is 26.4 Å². The molecule has 0 bridgehead atoms. The number of nitrogens with zero attached hydrogens (tertiary/aromatic N) is 3. The molecule has 3 rings (SSSR count). The van der Waals surface area contributed by atoms with Crippen molar-refractivity contribution in [2.75, 3.05) is 11.1 Å². The molecule has 1 aromatic heterocycles. The molecule has 3 aromatic rings. The molecule has 1 N–H and O–H groups in total. The van der Waals surface area contributed by atoms with Crippen LogP contribution in [0.1, 0.15) is 26.2 Å². The summed E-state index contributed by atoms with van der Waals surface area (Å²) in [5, 5.41) is 11.9. The largest absolute Gasteiger partial charge is 0.324 e. The third kappa shape index (κ3) is 6.14. The summed E-state index contributed by atoms with van der Waals surface area (Å²) >= 11 is 3.06. The molecule has 0 spiro atoms. The SMILES string of the molecule is CCCCCn1cnnc1SCC(=O)Nc1ccccc1Sc1ccccc1. The molecular weight excluding hydrogens is 388 g/mol. The average Bonchev–Trinajstić information content (AvgIpc) is 3.16. The van der Waals surface area contributed by atoms with E-state index in [9.17, 15) is 4.79 Å². The highest BCUT2D eigenvalue weighted by molar-refractivity contribution is 8.00. The van der Waals surface area contributed by atoms with Crippen LogP contribution >= 0.6 is 23.5 Å². The zero-order chi connectivity index (χ0) is 19.6. The predicted octanol–water partition coefficient (Wildman–Crippen LogP) is 5.35. The molecular formula is C21H24N4OS2. The molecule has 0 atom stereocenters. The summed E-state index contributed by atoms with van der Waals surface area (Å²) in [6.07, 6.45) is 5.19. The van der Waals surface area contributed by atoms with E-state index in [1.165, 1.54) is 24.6 Å². The number of unbranched alkanes of at least 4 members (excludes halogenated alkanes) is 2. The Bertz CT molecular complexity index is 883. The van der Waals surface area contributed by atoms with Gasteiger partial charge >= 0.3 is 0 Å². The van der Waals surface area contributed by atoms with Crippen LogP contribution < -0.4 is 5.32 Å². The molecule has 0 aliphatic carbocycles. The minimum absolute atomic E-state index is 0.0470. The molecule has 0 saturated carbocycles. The van der Waals surface area contributed by atoms with E-state index in [1.54, 1.807) is 18.1 Å². The minimum Gasteiger partial charge on any atom is -0.324 e. The van der Waals surface area contributed by atoms with Gasteiger partial charge < -0.3 is 9.88 Å². The van der Waals surface area contributed by atoms with Crippen molar-refractivity contribution in [2.45, 2.75) is 47.7 Å². The fraction of sp³-hybridized carbons (Fsp3) is 0.286. The van der Waals surface area contributed by atoms with Gasteiger partial charge in [-0.25, -0.2) is 0 Å². The molecule has 7 heteroatoms. The number of carbonyl (C=O) groups excluding carboxylic acids is 1. The number of aryl methyl sites for hydroxylation is 1. The number of hydrogen-bond donors (Lipinski definition) is 1. The smallest absolute Gasteiger partial charge is 0.234 e. The van der Waals surface area contributed by atoms with Gasteiger partial charge in [0.05, 0.1) is 11.4 Å². The lowest BCUT2D eigenvalue weighted by Gasteiger charge is -2.11. The number of amides is 1. The Morgan fingerprint density at radius 2 is 1.86 bits per heavy atom. The molecule has 0 radical (unpaired) electrons. The first kappa shape index (κ1) is 20.5. The summed E-state index contributed by atoms with van der Waals surface area (Å²) < 4.78 is 2.02. The number of para-hydroxylation sites is 1. The maximum absolute atomic E-state index is 12.5. The van der Waals surface area contributed by atoms with Gasteiger partial charge in [0, 0.05) is 16.3 Å². The van der Waals surface area contributed by atoms with Crippen LogP contribution in [0.4, 0.5) is 5.69 Å². The summed E-state index contributed by atoms with van der Waals surface area (Å²) in [4.78, 5) is 14.6. The predicted molar refractivity (Wildman–Crippen MR) is 116 cm³/mol. The summed E-state index contributed by atoms with van der Waals surface area (Å²) in [5.74, 6) is 0.255. The summed E-state index contributed by atoms with van der Waals surface area (Å²) in [6.45, 7) is 3.07. The normalized spacial score (nSPS) is 10.8. The molecule has 1 amide bonds. The van der Waals surface area contributed by atoms with E-state index < -0.39 is 0 Å².